The van der Waals surface area contributed by atoms with Gasteiger partial charge in [-0.3, -0.25) is 4.79 Å². The zero-order valence-corrected chi connectivity index (χ0v) is 11.4. The third-order valence-corrected chi connectivity index (χ3v) is 3.00. The minimum absolute atomic E-state index is 0.0959. The quantitative estimate of drug-likeness (QED) is 0.920. The SMILES string of the molecule is O=C(NCc1cccc(OCC(F)(F)F)c1)c1cnns1. The van der Waals surface area contributed by atoms with Gasteiger partial charge in [0.05, 0.1) is 6.20 Å². The lowest BCUT2D eigenvalue weighted by atomic mass is 10.2. The van der Waals surface area contributed by atoms with Crippen molar-refractivity contribution in [1.82, 2.24) is 14.9 Å². The lowest BCUT2D eigenvalue weighted by Crippen LogP contribution is -2.22. The Morgan fingerprint density at radius 3 is 2.86 bits per heavy atom. The van der Waals surface area contributed by atoms with Crippen molar-refractivity contribution in [3.05, 3.63) is 40.9 Å². The third kappa shape index (κ3) is 5.03. The van der Waals surface area contributed by atoms with E-state index in [0.29, 0.717) is 10.4 Å². The van der Waals surface area contributed by atoms with Crippen molar-refractivity contribution < 1.29 is 22.7 Å². The zero-order chi connectivity index (χ0) is 15.3. The maximum Gasteiger partial charge on any atom is 0.422 e. The van der Waals surface area contributed by atoms with E-state index in [2.05, 4.69) is 19.6 Å². The maximum absolute atomic E-state index is 12.1. The highest BCUT2D eigenvalue weighted by atomic mass is 32.1. The number of alkyl halides is 3. The Hall–Kier alpha value is -2.16. The monoisotopic (exact) mass is 317 g/mol. The number of hydrogen-bond acceptors (Lipinski definition) is 5. The fourth-order valence-corrected chi connectivity index (χ4v) is 1.88. The summed E-state index contributed by atoms with van der Waals surface area (Å²) >= 11 is 0.957. The number of rotatable bonds is 5. The lowest BCUT2D eigenvalue weighted by Gasteiger charge is -2.10. The lowest BCUT2D eigenvalue weighted by molar-refractivity contribution is -0.153. The largest absolute Gasteiger partial charge is 0.484 e. The van der Waals surface area contributed by atoms with Crippen LogP contribution in [0.2, 0.25) is 0 Å². The Morgan fingerprint density at radius 2 is 2.19 bits per heavy atom. The van der Waals surface area contributed by atoms with Crippen LogP contribution in [0.15, 0.2) is 30.5 Å². The van der Waals surface area contributed by atoms with E-state index in [4.69, 9.17) is 0 Å². The molecule has 1 amide bonds. The van der Waals surface area contributed by atoms with Gasteiger partial charge in [-0.15, -0.1) is 5.10 Å². The highest BCUT2D eigenvalue weighted by Crippen LogP contribution is 2.19. The fourth-order valence-electron chi connectivity index (χ4n) is 1.45. The first kappa shape index (κ1) is 15.2. The Bertz CT molecular complexity index is 602. The predicted octanol–water partition coefficient (Wildman–Crippen LogP) is 2.41. The van der Waals surface area contributed by atoms with Crippen LogP contribution in [0.4, 0.5) is 13.2 Å². The molecule has 0 atom stereocenters. The molecule has 0 aliphatic rings. The molecule has 2 rings (SSSR count). The van der Waals surface area contributed by atoms with E-state index in [9.17, 15) is 18.0 Å². The van der Waals surface area contributed by atoms with Gasteiger partial charge in [0.2, 0.25) is 0 Å². The predicted molar refractivity (Wildman–Crippen MR) is 69.1 cm³/mol. The van der Waals surface area contributed by atoms with Crippen LogP contribution in [0, 0.1) is 0 Å². The molecule has 112 valence electrons. The van der Waals surface area contributed by atoms with E-state index < -0.39 is 12.8 Å². The molecule has 0 unspecified atom stereocenters. The molecular weight excluding hydrogens is 307 g/mol. The molecule has 0 aliphatic heterocycles. The van der Waals surface area contributed by atoms with Crippen LogP contribution in [0.5, 0.6) is 5.75 Å². The van der Waals surface area contributed by atoms with Crippen molar-refractivity contribution in [2.45, 2.75) is 12.7 Å². The van der Waals surface area contributed by atoms with Crippen molar-refractivity contribution in [3.8, 4) is 5.75 Å². The van der Waals surface area contributed by atoms with E-state index in [1.807, 2.05) is 0 Å². The Morgan fingerprint density at radius 1 is 1.38 bits per heavy atom. The molecule has 0 saturated heterocycles. The van der Waals surface area contributed by atoms with Crippen molar-refractivity contribution in [2.75, 3.05) is 6.61 Å². The van der Waals surface area contributed by atoms with Gasteiger partial charge in [-0.2, -0.15) is 13.2 Å². The second-order valence-electron chi connectivity index (χ2n) is 4.02. The Balaban J connectivity index is 1.90. The van der Waals surface area contributed by atoms with Crippen molar-refractivity contribution in [1.29, 1.82) is 0 Å². The number of halogens is 3. The van der Waals surface area contributed by atoms with E-state index >= 15 is 0 Å². The molecule has 0 spiro atoms. The summed E-state index contributed by atoms with van der Waals surface area (Å²) in [4.78, 5) is 12.0. The van der Waals surface area contributed by atoms with Gasteiger partial charge in [0, 0.05) is 6.54 Å². The summed E-state index contributed by atoms with van der Waals surface area (Å²) in [6.45, 7) is -1.19. The van der Waals surface area contributed by atoms with Gasteiger partial charge < -0.3 is 10.1 Å². The van der Waals surface area contributed by atoms with Gasteiger partial charge in [0.15, 0.2) is 6.61 Å². The molecule has 1 aromatic carbocycles. The van der Waals surface area contributed by atoms with Crippen molar-refractivity contribution in [3.63, 3.8) is 0 Å². The molecule has 1 aromatic heterocycles. The summed E-state index contributed by atoms with van der Waals surface area (Å²) in [5.74, 6) is -0.245. The third-order valence-electron chi connectivity index (χ3n) is 2.34. The molecule has 0 fully saturated rings. The number of nitrogens with one attached hydrogen (secondary N) is 1. The molecule has 0 radical (unpaired) electrons. The van der Waals surface area contributed by atoms with Gasteiger partial charge in [0.1, 0.15) is 10.6 Å². The number of carbonyl (C=O) groups excluding carboxylic acids is 1. The number of ether oxygens (including phenoxy) is 1. The molecule has 0 aliphatic carbocycles. The fraction of sp³-hybridized carbons (Fsp3) is 0.250. The minimum atomic E-state index is -4.39. The van der Waals surface area contributed by atoms with Crippen LogP contribution >= 0.6 is 11.5 Å². The Labute approximate surface area is 121 Å². The van der Waals surface area contributed by atoms with E-state index in [0.717, 1.165) is 11.5 Å². The average Bonchev–Trinajstić information content (AvgIpc) is 2.96. The normalized spacial score (nSPS) is 11.2. The molecular formula is C12H10F3N3O2S. The Kier molecular flexibility index (Phi) is 4.73. The average molecular weight is 317 g/mol. The summed E-state index contributed by atoms with van der Waals surface area (Å²) in [7, 11) is 0. The van der Waals surface area contributed by atoms with Crippen molar-refractivity contribution in [2.24, 2.45) is 0 Å². The van der Waals surface area contributed by atoms with Crippen molar-refractivity contribution >= 4 is 17.4 Å². The molecule has 9 heteroatoms. The summed E-state index contributed by atoms with van der Waals surface area (Å²) in [6.07, 6.45) is -3.05. The smallest absolute Gasteiger partial charge is 0.422 e. The van der Waals surface area contributed by atoms with Crippen LogP contribution in [0.1, 0.15) is 15.2 Å². The number of carbonyl (C=O) groups is 1. The van der Waals surface area contributed by atoms with Crippen LogP contribution in [0.3, 0.4) is 0 Å². The number of aromatic nitrogens is 2. The second-order valence-corrected chi connectivity index (χ2v) is 4.80. The summed E-state index contributed by atoms with van der Waals surface area (Å²) in [5.41, 5.74) is 0.625. The highest BCUT2D eigenvalue weighted by molar-refractivity contribution is 7.07. The van der Waals surface area contributed by atoms with E-state index in [1.54, 1.807) is 12.1 Å². The maximum atomic E-state index is 12.1. The van der Waals surface area contributed by atoms with E-state index in [-0.39, 0.29) is 18.2 Å². The summed E-state index contributed by atoms with van der Waals surface area (Å²) in [5, 5.41) is 6.16. The molecule has 2 aromatic rings. The van der Waals surface area contributed by atoms with Gasteiger partial charge in [0.25, 0.3) is 5.91 Å². The number of benzene rings is 1. The summed E-state index contributed by atoms with van der Waals surface area (Å²) < 4.78 is 44.4. The van der Waals surface area contributed by atoms with Gasteiger partial charge >= 0.3 is 6.18 Å². The van der Waals surface area contributed by atoms with Gasteiger partial charge in [-0.05, 0) is 29.2 Å². The zero-order valence-electron chi connectivity index (χ0n) is 10.6. The number of hydrogen-bond donors (Lipinski definition) is 1. The number of amides is 1. The highest BCUT2D eigenvalue weighted by Gasteiger charge is 2.28. The van der Waals surface area contributed by atoms with E-state index in [1.165, 1.54) is 18.3 Å². The molecule has 1 heterocycles. The molecule has 0 bridgehead atoms. The standard InChI is InChI=1S/C12H10F3N3O2S/c13-12(14,15)7-20-9-3-1-2-8(4-9)5-16-11(19)10-6-17-18-21-10/h1-4,6H,5,7H2,(H,16,19). The summed E-state index contributed by atoms with van der Waals surface area (Å²) in [6, 6.07) is 6.09. The molecule has 5 nitrogen and oxygen atoms in total. The second kappa shape index (κ2) is 6.53. The van der Waals surface area contributed by atoms with Crippen LogP contribution in [-0.4, -0.2) is 28.3 Å². The van der Waals surface area contributed by atoms with Crippen LogP contribution in [-0.2, 0) is 6.54 Å². The van der Waals surface area contributed by atoms with Gasteiger partial charge in [-0.1, -0.05) is 16.6 Å². The first-order chi connectivity index (χ1) is 9.94. The molecule has 1 N–H and O–H groups in total. The molecule has 21 heavy (non-hydrogen) atoms. The first-order valence-electron chi connectivity index (χ1n) is 5.78. The topological polar surface area (TPSA) is 64.1 Å². The minimum Gasteiger partial charge on any atom is -0.484 e. The molecule has 0 saturated carbocycles. The van der Waals surface area contributed by atoms with Gasteiger partial charge in [-0.25, -0.2) is 0 Å². The van der Waals surface area contributed by atoms with Crippen LogP contribution < -0.4 is 10.1 Å². The number of nitrogens with zero attached hydrogens (tertiary/aromatic N) is 2. The first-order valence-corrected chi connectivity index (χ1v) is 6.55. The van der Waals surface area contributed by atoms with Crippen LogP contribution in [0.25, 0.3) is 0 Å².